The van der Waals surface area contributed by atoms with Crippen LogP contribution in [-0.4, -0.2) is 11.7 Å². The summed E-state index contributed by atoms with van der Waals surface area (Å²) in [6, 6.07) is 23.4. The monoisotopic (exact) mass is 355 g/mol. The largest absolute Gasteiger partial charge is 0.321 e. The Bertz CT molecular complexity index is 851. The molecular weight excluding hydrogens is 340 g/mol. The first kappa shape index (κ1) is 17.2. The van der Waals surface area contributed by atoms with Crippen LogP contribution in [0, 0.1) is 0 Å². The Kier molecular flexibility index (Phi) is 5.46. The first-order valence-corrected chi connectivity index (χ1v) is 8.52. The van der Waals surface area contributed by atoms with Gasteiger partial charge in [-0.25, -0.2) is 0 Å². The molecule has 1 N–H and O–H groups in total. The number of carbonyl (C=O) groups is 1. The van der Waals surface area contributed by atoms with Crippen LogP contribution in [0.2, 0.25) is 0 Å². The van der Waals surface area contributed by atoms with Crippen molar-refractivity contribution in [1.29, 1.82) is 0 Å². The number of hydrogen-bond acceptors (Lipinski definition) is 2. The topological polar surface area (TPSA) is 29.1 Å². The van der Waals surface area contributed by atoms with Crippen molar-refractivity contribution in [2.75, 3.05) is 5.32 Å². The summed E-state index contributed by atoms with van der Waals surface area (Å²) in [5.41, 5.74) is 3.04. The number of rotatable bonds is 5. The molecule has 3 aromatic rings. The van der Waals surface area contributed by atoms with Crippen LogP contribution in [0.15, 0.2) is 83.8 Å². The van der Waals surface area contributed by atoms with Gasteiger partial charge in [0.1, 0.15) is 0 Å². The van der Waals surface area contributed by atoms with Crippen LogP contribution >= 0.6 is 11.8 Å². The molecule has 0 aliphatic carbocycles. The molecule has 0 fully saturated rings. The first-order chi connectivity index (χ1) is 12.1. The summed E-state index contributed by atoms with van der Waals surface area (Å²) >= 11 is 0.458. The van der Waals surface area contributed by atoms with Crippen LogP contribution in [0.25, 0.3) is 11.1 Å². The van der Waals surface area contributed by atoms with Crippen LogP contribution in [-0.2, 0) is 0 Å². The van der Waals surface area contributed by atoms with Crippen molar-refractivity contribution in [3.05, 3.63) is 84.4 Å². The molecular formula is C20H15F2NOS. The number of anilines is 1. The molecule has 126 valence electrons. The second-order valence-electron chi connectivity index (χ2n) is 5.27. The molecule has 0 bridgehead atoms. The van der Waals surface area contributed by atoms with E-state index in [-0.39, 0.29) is 5.91 Å². The summed E-state index contributed by atoms with van der Waals surface area (Å²) in [5, 5.41) is 2.89. The molecule has 0 aromatic heterocycles. The number of alkyl halides is 2. The Labute approximate surface area is 148 Å². The van der Waals surface area contributed by atoms with E-state index in [0.717, 1.165) is 11.1 Å². The molecule has 0 aliphatic rings. The Morgan fingerprint density at radius 1 is 0.840 bits per heavy atom. The Morgan fingerprint density at radius 2 is 1.48 bits per heavy atom. The van der Waals surface area contributed by atoms with E-state index in [1.54, 1.807) is 12.1 Å². The number of thioether (sulfide) groups is 1. The molecule has 0 atom stereocenters. The predicted molar refractivity (Wildman–Crippen MR) is 98.1 cm³/mol. The van der Waals surface area contributed by atoms with Crippen LogP contribution in [0.3, 0.4) is 0 Å². The van der Waals surface area contributed by atoms with Crippen molar-refractivity contribution in [3.63, 3.8) is 0 Å². The van der Waals surface area contributed by atoms with Gasteiger partial charge in [0.25, 0.3) is 11.7 Å². The Balaban J connectivity index is 1.80. The van der Waals surface area contributed by atoms with Crippen molar-refractivity contribution in [1.82, 2.24) is 0 Å². The zero-order valence-electron chi connectivity index (χ0n) is 13.2. The number of para-hydroxylation sites is 1. The summed E-state index contributed by atoms with van der Waals surface area (Å²) in [4.78, 5) is 12.9. The lowest BCUT2D eigenvalue weighted by Gasteiger charge is -2.11. The van der Waals surface area contributed by atoms with E-state index in [1.165, 1.54) is 12.1 Å². The third-order valence-corrected chi connectivity index (χ3v) is 4.32. The highest BCUT2D eigenvalue weighted by Gasteiger charge is 2.11. The van der Waals surface area contributed by atoms with E-state index in [2.05, 4.69) is 5.32 Å². The van der Waals surface area contributed by atoms with E-state index in [1.807, 2.05) is 54.6 Å². The molecule has 0 aliphatic heterocycles. The van der Waals surface area contributed by atoms with E-state index >= 15 is 0 Å². The number of amides is 1. The first-order valence-electron chi connectivity index (χ1n) is 7.64. The summed E-state index contributed by atoms with van der Waals surface area (Å²) in [5.74, 6) is -2.76. The molecule has 0 spiro atoms. The van der Waals surface area contributed by atoms with Gasteiger partial charge in [0, 0.05) is 21.7 Å². The van der Waals surface area contributed by atoms with E-state index in [4.69, 9.17) is 0 Å². The van der Waals surface area contributed by atoms with Gasteiger partial charge in [-0.3, -0.25) is 4.79 Å². The van der Waals surface area contributed by atoms with Crippen molar-refractivity contribution < 1.29 is 13.6 Å². The Morgan fingerprint density at radius 3 is 2.16 bits per heavy atom. The minimum atomic E-state index is -2.47. The van der Waals surface area contributed by atoms with Gasteiger partial charge >= 0.3 is 0 Å². The molecule has 5 heteroatoms. The molecule has 0 saturated carbocycles. The van der Waals surface area contributed by atoms with Crippen molar-refractivity contribution in [2.24, 2.45) is 0 Å². The number of carbonyl (C=O) groups excluding carboxylic acids is 1. The van der Waals surface area contributed by atoms with E-state index < -0.39 is 5.76 Å². The zero-order valence-corrected chi connectivity index (χ0v) is 14.0. The van der Waals surface area contributed by atoms with Gasteiger partial charge < -0.3 is 5.32 Å². The number of benzene rings is 3. The lowest BCUT2D eigenvalue weighted by Crippen LogP contribution is -2.12. The molecule has 0 unspecified atom stereocenters. The maximum Gasteiger partial charge on any atom is 0.288 e. The van der Waals surface area contributed by atoms with Gasteiger partial charge in [-0.1, -0.05) is 60.3 Å². The van der Waals surface area contributed by atoms with Gasteiger partial charge in [-0.15, -0.1) is 0 Å². The standard InChI is InChI=1S/C20H15F2NOS/c21-20(22)25-16-12-10-15(11-13-16)19(24)23-18-9-5-4-8-17(18)14-6-2-1-3-7-14/h1-13,20H,(H,23,24). The average Bonchev–Trinajstić information content (AvgIpc) is 2.63. The van der Waals surface area contributed by atoms with Crippen LogP contribution in [0.5, 0.6) is 0 Å². The third-order valence-electron chi connectivity index (χ3n) is 3.60. The third kappa shape index (κ3) is 4.45. The summed E-state index contributed by atoms with van der Waals surface area (Å²) in [6.45, 7) is 0. The molecule has 3 aromatic carbocycles. The highest BCUT2D eigenvalue weighted by Crippen LogP contribution is 2.28. The maximum absolute atomic E-state index is 12.5. The number of halogens is 2. The average molecular weight is 355 g/mol. The lowest BCUT2D eigenvalue weighted by atomic mass is 10.0. The van der Waals surface area contributed by atoms with Crippen molar-refractivity contribution >= 4 is 23.4 Å². The smallest absolute Gasteiger partial charge is 0.288 e. The van der Waals surface area contributed by atoms with Gasteiger partial charge in [-0.05, 0) is 35.9 Å². The SMILES string of the molecule is O=C(Nc1ccccc1-c1ccccc1)c1ccc(SC(F)F)cc1. The molecule has 25 heavy (non-hydrogen) atoms. The van der Waals surface area contributed by atoms with Crippen molar-refractivity contribution in [2.45, 2.75) is 10.7 Å². The summed E-state index contributed by atoms with van der Waals surface area (Å²) in [6.07, 6.45) is 0. The van der Waals surface area contributed by atoms with Crippen molar-refractivity contribution in [3.8, 4) is 11.1 Å². The number of nitrogens with one attached hydrogen (secondary N) is 1. The fourth-order valence-corrected chi connectivity index (χ4v) is 2.94. The minimum absolute atomic E-state index is 0.281. The van der Waals surface area contributed by atoms with Crippen LogP contribution in [0.1, 0.15) is 10.4 Å². The second kappa shape index (κ2) is 7.94. The fraction of sp³-hybridized carbons (Fsp3) is 0.0500. The van der Waals surface area contributed by atoms with Gasteiger partial charge in [0.15, 0.2) is 0 Å². The minimum Gasteiger partial charge on any atom is -0.321 e. The quantitative estimate of drug-likeness (QED) is 0.576. The van der Waals surface area contributed by atoms with Crippen LogP contribution in [0.4, 0.5) is 14.5 Å². The van der Waals surface area contributed by atoms with Crippen LogP contribution < -0.4 is 5.32 Å². The molecule has 0 heterocycles. The predicted octanol–water partition coefficient (Wildman–Crippen LogP) is 5.92. The molecule has 1 amide bonds. The number of hydrogen-bond donors (Lipinski definition) is 1. The molecule has 2 nitrogen and oxygen atoms in total. The summed E-state index contributed by atoms with van der Waals surface area (Å²) in [7, 11) is 0. The normalized spacial score (nSPS) is 10.7. The molecule has 0 saturated heterocycles. The maximum atomic E-state index is 12.5. The lowest BCUT2D eigenvalue weighted by molar-refractivity contribution is 0.102. The van der Waals surface area contributed by atoms with E-state index in [0.29, 0.717) is 27.9 Å². The highest BCUT2D eigenvalue weighted by atomic mass is 32.2. The highest BCUT2D eigenvalue weighted by molar-refractivity contribution is 7.99. The van der Waals surface area contributed by atoms with E-state index in [9.17, 15) is 13.6 Å². The van der Waals surface area contributed by atoms with Gasteiger partial charge in [0.05, 0.1) is 0 Å². The fourth-order valence-electron chi connectivity index (χ4n) is 2.44. The summed E-state index contributed by atoms with van der Waals surface area (Å²) < 4.78 is 24.7. The molecule has 0 radical (unpaired) electrons. The zero-order chi connectivity index (χ0) is 17.6. The van der Waals surface area contributed by atoms with Gasteiger partial charge in [0.2, 0.25) is 0 Å². The Hall–Kier alpha value is -2.66. The molecule has 3 rings (SSSR count). The second-order valence-corrected chi connectivity index (χ2v) is 6.33. The van der Waals surface area contributed by atoms with Gasteiger partial charge in [-0.2, -0.15) is 8.78 Å².